The van der Waals surface area contributed by atoms with E-state index < -0.39 is 51.0 Å². The topological polar surface area (TPSA) is 150 Å². The number of hydrogen-bond acceptors (Lipinski definition) is 9. The Morgan fingerprint density at radius 1 is 1.02 bits per heavy atom. The molecule has 1 aromatic heterocycles. The fourth-order valence-electron chi connectivity index (χ4n) is 6.59. The number of benzene rings is 3. The lowest BCUT2D eigenvalue weighted by Gasteiger charge is -2.51. The van der Waals surface area contributed by atoms with Crippen molar-refractivity contribution in [2.24, 2.45) is 10.6 Å². The zero-order chi connectivity index (χ0) is 37.0. The second kappa shape index (κ2) is 15.5. The number of oxime groups is 1. The van der Waals surface area contributed by atoms with Gasteiger partial charge in [0.05, 0.1) is 16.2 Å². The average Bonchev–Trinajstić information content (AvgIpc) is 3.61. The van der Waals surface area contributed by atoms with E-state index in [1.165, 1.54) is 23.3 Å². The summed E-state index contributed by atoms with van der Waals surface area (Å²) >= 11 is 4.70. The third-order valence-electron chi connectivity index (χ3n) is 9.26. The number of thiazole rings is 1. The molecule has 2 aliphatic heterocycles. The van der Waals surface area contributed by atoms with Gasteiger partial charge < -0.3 is 20.6 Å². The number of carbonyl (C=O) groups excluding carboxylic acids is 2. The van der Waals surface area contributed by atoms with Crippen molar-refractivity contribution in [2.45, 2.75) is 43.6 Å². The predicted octanol–water partition coefficient (Wildman–Crippen LogP) is 5.85. The fraction of sp³-hybridized carbons (Fsp3) is 0.289. The number of halogens is 1. The number of carboxylic acids is 1. The maximum atomic E-state index is 13.8. The molecule has 0 saturated carbocycles. The Kier molecular flexibility index (Phi) is 11.1. The van der Waals surface area contributed by atoms with Crippen molar-refractivity contribution in [3.05, 3.63) is 130 Å². The van der Waals surface area contributed by atoms with Crippen LogP contribution in [0.5, 0.6) is 0 Å². The Hall–Kier alpha value is -4.66. The Morgan fingerprint density at radius 3 is 2.08 bits per heavy atom. The van der Waals surface area contributed by atoms with Crippen LogP contribution in [0.4, 0.5) is 5.13 Å². The summed E-state index contributed by atoms with van der Waals surface area (Å²) in [6.45, 7) is 3.18. The summed E-state index contributed by atoms with van der Waals surface area (Å²) in [7, 11) is -0.232. The number of hydrogen-bond donors (Lipinski definition) is 3. The van der Waals surface area contributed by atoms with Gasteiger partial charge in [-0.25, -0.2) is 4.98 Å². The molecule has 6 rings (SSSR count). The molecule has 2 amide bonds. The molecule has 0 aliphatic carbocycles. The molecule has 0 radical (unpaired) electrons. The molecular weight excluding hydrogens is 766 g/mol. The van der Waals surface area contributed by atoms with E-state index in [9.17, 15) is 23.7 Å². The molecule has 270 valence electrons. The van der Waals surface area contributed by atoms with Gasteiger partial charge in [-0.05, 0) is 42.5 Å². The van der Waals surface area contributed by atoms with Crippen molar-refractivity contribution in [3.8, 4) is 0 Å². The molecule has 3 aromatic carbocycles. The van der Waals surface area contributed by atoms with Crippen LogP contribution in [-0.2, 0) is 35.6 Å². The van der Waals surface area contributed by atoms with E-state index in [0.29, 0.717) is 22.6 Å². The Balaban J connectivity index is 1.29. The third-order valence-corrected chi connectivity index (χ3v) is 12.1. The molecule has 2 aliphatic rings. The van der Waals surface area contributed by atoms with Crippen molar-refractivity contribution in [2.75, 3.05) is 23.5 Å². The normalized spacial score (nSPS) is 19.1. The molecular formula is C38H38BrN5O6S2. The zero-order valence-corrected chi connectivity index (χ0v) is 32.0. The van der Waals surface area contributed by atoms with E-state index >= 15 is 0 Å². The number of fused-ring (bicyclic) bond motifs is 1. The minimum atomic E-state index is -1.54. The number of amides is 2. The second-order valence-corrected chi connectivity index (χ2v) is 16.2. The molecule has 4 aromatic rings. The van der Waals surface area contributed by atoms with Gasteiger partial charge in [-0.1, -0.05) is 112 Å². The second-order valence-electron chi connectivity index (χ2n) is 13.1. The van der Waals surface area contributed by atoms with Gasteiger partial charge in [0, 0.05) is 28.6 Å². The van der Waals surface area contributed by atoms with Gasteiger partial charge >= 0.3 is 5.97 Å². The molecule has 3 N–H and O–H groups in total. The van der Waals surface area contributed by atoms with Crippen LogP contribution < -0.4 is 10.6 Å². The number of nitrogens with zero attached hydrogens (tertiary/aromatic N) is 3. The van der Waals surface area contributed by atoms with Crippen LogP contribution in [0.15, 0.2) is 113 Å². The molecule has 14 heteroatoms. The summed E-state index contributed by atoms with van der Waals surface area (Å²) in [6, 6.07) is 29.0. The lowest BCUT2D eigenvalue weighted by Crippen LogP contribution is -2.73. The summed E-state index contributed by atoms with van der Waals surface area (Å²) in [4.78, 5) is 50.8. The molecule has 1 fully saturated rings. The first kappa shape index (κ1) is 37.1. The van der Waals surface area contributed by atoms with Crippen LogP contribution >= 0.6 is 27.3 Å². The van der Waals surface area contributed by atoms with Crippen LogP contribution in [0.3, 0.4) is 0 Å². The number of anilines is 1. The summed E-state index contributed by atoms with van der Waals surface area (Å²) < 4.78 is 13.5. The molecule has 3 heterocycles. The van der Waals surface area contributed by atoms with Gasteiger partial charge in [0.15, 0.2) is 10.8 Å². The van der Waals surface area contributed by atoms with E-state index in [2.05, 4.69) is 31.7 Å². The zero-order valence-electron chi connectivity index (χ0n) is 28.7. The highest BCUT2D eigenvalue weighted by Gasteiger charge is 2.56. The van der Waals surface area contributed by atoms with Gasteiger partial charge in [0.2, 0.25) is 0 Å². The number of nitrogens with one attached hydrogen (secondary N) is 2. The van der Waals surface area contributed by atoms with E-state index in [4.69, 9.17) is 9.82 Å². The Labute approximate surface area is 316 Å². The molecule has 2 unspecified atom stereocenters. The summed E-state index contributed by atoms with van der Waals surface area (Å²) in [5, 5.41) is 22.1. The summed E-state index contributed by atoms with van der Waals surface area (Å²) in [6.07, 6.45) is 0.585. The van der Waals surface area contributed by atoms with E-state index in [1.54, 1.807) is 19.2 Å². The van der Waals surface area contributed by atoms with Gasteiger partial charge in [0.1, 0.15) is 29.8 Å². The van der Waals surface area contributed by atoms with E-state index in [1.807, 2.05) is 91.0 Å². The van der Waals surface area contributed by atoms with Crippen LogP contribution in [0.1, 0.15) is 49.1 Å². The smallest absolute Gasteiger partial charge is 0.309 e. The Morgan fingerprint density at radius 2 is 1.58 bits per heavy atom. The average molecular weight is 805 g/mol. The van der Waals surface area contributed by atoms with Crippen LogP contribution in [0, 0.1) is 5.41 Å². The van der Waals surface area contributed by atoms with Gasteiger partial charge in [-0.3, -0.25) is 23.5 Å². The number of alkyl halides is 1. The van der Waals surface area contributed by atoms with Crippen LogP contribution in [0.2, 0.25) is 0 Å². The highest BCUT2D eigenvalue weighted by atomic mass is 79.9. The first-order valence-corrected chi connectivity index (χ1v) is 19.9. The third kappa shape index (κ3) is 7.06. The number of aromatic nitrogens is 1. The van der Waals surface area contributed by atoms with Gasteiger partial charge in [0.25, 0.3) is 11.8 Å². The predicted molar refractivity (Wildman–Crippen MR) is 206 cm³/mol. The van der Waals surface area contributed by atoms with E-state index in [0.717, 1.165) is 22.3 Å². The van der Waals surface area contributed by atoms with Gasteiger partial charge in [-0.15, -0.1) is 11.3 Å². The minimum Gasteiger partial charge on any atom is -0.481 e. The number of aliphatic carboxylic acids is 1. The summed E-state index contributed by atoms with van der Waals surface area (Å²) in [5.74, 6) is -2.03. The van der Waals surface area contributed by atoms with Gasteiger partial charge in [-0.2, -0.15) is 0 Å². The summed E-state index contributed by atoms with van der Waals surface area (Å²) in [5.41, 5.74) is 2.26. The molecule has 0 spiro atoms. The lowest BCUT2D eigenvalue weighted by molar-refractivity contribution is -0.150. The molecule has 11 nitrogen and oxygen atoms in total. The molecule has 0 bridgehead atoms. The van der Waals surface area contributed by atoms with E-state index in [-0.39, 0.29) is 23.6 Å². The first-order valence-electron chi connectivity index (χ1n) is 16.5. The standard InChI is InChI=1S/C38H38BrN5O6S2/c1-37(2,35(47)48)21-29-24(19-20-39)23-52(49)34-31(33(46)44(29)34)41-32(45)30(43-50-3)28-22-51-36(40-28)42-38(25-13-7-4-8-14-25,26-15-9-5-10-16-26)27-17-11-6-12-18-27/h4-18,22,31,34H,19-21,23H2,1-3H3,(H,40,42)(H,41,45)(H,47,48)/t31?,34-,52?/m0/s1. The number of β-lactam (4-membered cyclic amide) rings is 1. The minimum absolute atomic E-state index is 0.0756. The van der Waals surface area contributed by atoms with Crippen molar-refractivity contribution in [3.63, 3.8) is 0 Å². The number of rotatable bonds is 14. The fourth-order valence-corrected chi connectivity index (χ4v) is 9.59. The maximum absolute atomic E-state index is 13.8. The Bertz CT molecular complexity index is 1940. The van der Waals surface area contributed by atoms with Crippen LogP contribution in [-0.4, -0.2) is 72.3 Å². The lowest BCUT2D eigenvalue weighted by atomic mass is 9.77. The van der Waals surface area contributed by atoms with Crippen molar-refractivity contribution in [1.29, 1.82) is 0 Å². The molecule has 3 atom stereocenters. The molecule has 52 heavy (non-hydrogen) atoms. The maximum Gasteiger partial charge on any atom is 0.309 e. The van der Waals surface area contributed by atoms with Crippen molar-refractivity contribution < 1.29 is 28.5 Å². The number of allylic oxidation sites excluding steroid dienone is 1. The highest BCUT2D eigenvalue weighted by Crippen LogP contribution is 2.42. The first-order chi connectivity index (χ1) is 25.0. The molecule has 1 saturated heterocycles. The monoisotopic (exact) mass is 803 g/mol. The number of carbonyl (C=O) groups is 3. The quantitative estimate of drug-likeness (QED) is 0.0473. The van der Waals surface area contributed by atoms with Crippen molar-refractivity contribution in [1.82, 2.24) is 15.2 Å². The van der Waals surface area contributed by atoms with Crippen molar-refractivity contribution >= 4 is 66.7 Å². The highest BCUT2D eigenvalue weighted by molar-refractivity contribution is 9.09. The van der Waals surface area contributed by atoms with Crippen LogP contribution in [0.25, 0.3) is 0 Å². The largest absolute Gasteiger partial charge is 0.481 e. The SMILES string of the molecule is CON=C(C(=O)NC1C(=O)N2C(CC(C)(C)C(=O)O)=C(CCBr)CS(=O)[C@@H]12)c1csc(NC(c2ccccc2)(c2ccccc2)c2ccccc2)n1. The number of carboxylic acid groups (broad SMARTS) is 1.